The lowest BCUT2D eigenvalue weighted by Gasteiger charge is -2.17. The Morgan fingerprint density at radius 2 is 1.48 bits per heavy atom. The first kappa shape index (κ1) is 21.2. The molecule has 0 radical (unpaired) electrons. The zero-order valence-electron chi connectivity index (χ0n) is 19.2. The second-order valence-electron chi connectivity index (χ2n) is 8.63. The van der Waals surface area contributed by atoms with Crippen molar-refractivity contribution in [2.24, 2.45) is 0 Å². The largest absolute Gasteiger partial charge is 0.389 e. The average Bonchev–Trinajstić information content (AvgIpc) is 3.30. The summed E-state index contributed by atoms with van der Waals surface area (Å²) in [5.41, 5.74) is 6.94. The van der Waals surface area contributed by atoms with Crippen molar-refractivity contribution >= 4 is 10.9 Å². The van der Waals surface area contributed by atoms with Gasteiger partial charge in [0, 0.05) is 16.5 Å². The first-order chi connectivity index (χ1) is 16.0. The second-order valence-corrected chi connectivity index (χ2v) is 8.63. The molecule has 5 rings (SSSR count). The van der Waals surface area contributed by atoms with Crippen LogP contribution in [0.4, 0.5) is 0 Å². The Balaban J connectivity index is 1.70. The molecule has 33 heavy (non-hydrogen) atoms. The molecule has 2 aromatic heterocycles. The zero-order valence-corrected chi connectivity index (χ0v) is 19.2. The lowest BCUT2D eigenvalue weighted by atomic mass is 9.98. The summed E-state index contributed by atoms with van der Waals surface area (Å²) in [5, 5.41) is 16.8. The quantitative estimate of drug-likeness (QED) is 0.379. The summed E-state index contributed by atoms with van der Waals surface area (Å²) in [6, 6.07) is 27.5. The molecule has 0 aliphatic heterocycles. The molecule has 5 nitrogen and oxygen atoms in total. The minimum atomic E-state index is -0.618. The van der Waals surface area contributed by atoms with Gasteiger partial charge < -0.3 is 9.67 Å². The maximum atomic E-state index is 11.1. The van der Waals surface area contributed by atoms with Crippen LogP contribution in [0.2, 0.25) is 0 Å². The van der Waals surface area contributed by atoms with E-state index in [1.165, 1.54) is 22.1 Å². The van der Waals surface area contributed by atoms with E-state index in [1.807, 2.05) is 26.0 Å². The molecule has 166 valence electrons. The van der Waals surface area contributed by atoms with Crippen molar-refractivity contribution in [3.8, 4) is 22.4 Å². The molecule has 0 aliphatic rings. The fourth-order valence-electron chi connectivity index (χ4n) is 4.65. The maximum Gasteiger partial charge on any atom is 0.147 e. The summed E-state index contributed by atoms with van der Waals surface area (Å²) < 4.78 is 4.05. The number of hydrogen-bond donors (Lipinski definition) is 1. The zero-order chi connectivity index (χ0) is 22.9. The van der Waals surface area contributed by atoms with Gasteiger partial charge in [-0.25, -0.2) is 9.67 Å². The van der Waals surface area contributed by atoms with Crippen molar-refractivity contribution < 1.29 is 5.11 Å². The van der Waals surface area contributed by atoms with Gasteiger partial charge in [0.1, 0.15) is 11.6 Å². The van der Waals surface area contributed by atoms with Gasteiger partial charge in [-0.05, 0) is 44.0 Å². The molecule has 3 aromatic carbocycles. The summed E-state index contributed by atoms with van der Waals surface area (Å²) in [7, 11) is 0. The molecule has 2 heterocycles. The fraction of sp³-hybridized carbons (Fsp3) is 0.214. The number of benzene rings is 3. The summed E-state index contributed by atoms with van der Waals surface area (Å²) in [6.07, 6.45) is -0.618. The minimum Gasteiger partial charge on any atom is -0.389 e. The highest BCUT2D eigenvalue weighted by Gasteiger charge is 2.22. The van der Waals surface area contributed by atoms with Crippen molar-refractivity contribution in [3.63, 3.8) is 0 Å². The number of rotatable bonds is 6. The van der Waals surface area contributed by atoms with E-state index in [-0.39, 0.29) is 0 Å². The predicted molar refractivity (Wildman–Crippen MR) is 133 cm³/mol. The molecular weight excluding hydrogens is 408 g/mol. The van der Waals surface area contributed by atoms with E-state index in [9.17, 15) is 5.11 Å². The van der Waals surface area contributed by atoms with Crippen LogP contribution in [0, 0.1) is 20.8 Å². The third-order valence-electron chi connectivity index (χ3n) is 6.07. The van der Waals surface area contributed by atoms with Gasteiger partial charge in [0.15, 0.2) is 0 Å². The van der Waals surface area contributed by atoms with Crippen LogP contribution in [0.1, 0.15) is 17.2 Å². The van der Waals surface area contributed by atoms with Crippen LogP contribution in [-0.4, -0.2) is 30.5 Å². The second kappa shape index (κ2) is 8.68. The van der Waals surface area contributed by atoms with Gasteiger partial charge in [-0.1, -0.05) is 72.3 Å². The SMILES string of the molecule is Cc1ccc2c(c1)c(-c1ccccc1)c(-c1ccccc1)n2C[C@H](O)Cn1nc(C)nc1C. The number of aromatic nitrogens is 4. The Morgan fingerprint density at radius 1 is 0.818 bits per heavy atom. The smallest absolute Gasteiger partial charge is 0.147 e. The van der Waals surface area contributed by atoms with Gasteiger partial charge in [0.2, 0.25) is 0 Å². The topological polar surface area (TPSA) is 55.9 Å². The van der Waals surface area contributed by atoms with Gasteiger partial charge >= 0.3 is 0 Å². The van der Waals surface area contributed by atoms with E-state index in [2.05, 4.69) is 88.3 Å². The first-order valence-electron chi connectivity index (χ1n) is 11.3. The van der Waals surface area contributed by atoms with Crippen LogP contribution in [-0.2, 0) is 13.1 Å². The first-order valence-corrected chi connectivity index (χ1v) is 11.3. The van der Waals surface area contributed by atoms with Crippen molar-refractivity contribution in [1.29, 1.82) is 0 Å². The number of nitrogens with zero attached hydrogens (tertiary/aromatic N) is 4. The average molecular weight is 437 g/mol. The van der Waals surface area contributed by atoms with Crippen LogP contribution in [0.5, 0.6) is 0 Å². The van der Waals surface area contributed by atoms with E-state index in [4.69, 9.17) is 0 Å². The Hall–Kier alpha value is -3.70. The van der Waals surface area contributed by atoms with Crippen molar-refractivity contribution in [2.75, 3.05) is 0 Å². The van der Waals surface area contributed by atoms with Crippen molar-refractivity contribution in [3.05, 3.63) is 96.1 Å². The molecule has 5 aromatic rings. The Morgan fingerprint density at radius 3 is 2.12 bits per heavy atom. The molecule has 0 bridgehead atoms. The van der Waals surface area contributed by atoms with E-state index in [0.29, 0.717) is 13.1 Å². The highest BCUT2D eigenvalue weighted by molar-refractivity contribution is 6.04. The molecule has 0 unspecified atom stereocenters. The number of fused-ring (bicyclic) bond motifs is 1. The van der Waals surface area contributed by atoms with Gasteiger partial charge in [0.05, 0.1) is 24.9 Å². The van der Waals surface area contributed by atoms with Crippen LogP contribution in [0.15, 0.2) is 78.9 Å². The third-order valence-corrected chi connectivity index (χ3v) is 6.07. The summed E-state index contributed by atoms with van der Waals surface area (Å²) in [5.74, 6) is 1.53. The Bertz CT molecular complexity index is 1400. The summed E-state index contributed by atoms with van der Waals surface area (Å²) in [6.45, 7) is 6.77. The number of aliphatic hydroxyl groups is 1. The van der Waals surface area contributed by atoms with Crippen molar-refractivity contribution in [1.82, 2.24) is 19.3 Å². The number of hydrogen-bond acceptors (Lipinski definition) is 3. The van der Waals surface area contributed by atoms with E-state index in [0.717, 1.165) is 28.4 Å². The Kier molecular flexibility index (Phi) is 5.56. The van der Waals surface area contributed by atoms with Crippen LogP contribution < -0.4 is 0 Å². The standard InChI is InChI=1S/C28H28N4O/c1-19-14-15-26-25(16-19)27(22-10-6-4-7-11-22)28(23-12-8-5-9-13-23)31(26)17-24(33)18-32-21(3)29-20(2)30-32/h4-16,24,33H,17-18H2,1-3H3/t24-/m0/s1. The summed E-state index contributed by atoms with van der Waals surface area (Å²) in [4.78, 5) is 4.37. The molecule has 0 aliphatic carbocycles. The van der Waals surface area contributed by atoms with E-state index in [1.54, 1.807) is 4.68 Å². The van der Waals surface area contributed by atoms with Crippen LogP contribution in [0.25, 0.3) is 33.3 Å². The predicted octanol–water partition coefficient (Wildman–Crippen LogP) is 5.55. The van der Waals surface area contributed by atoms with Gasteiger partial charge in [0.25, 0.3) is 0 Å². The fourth-order valence-corrected chi connectivity index (χ4v) is 4.65. The molecule has 0 spiro atoms. The lowest BCUT2D eigenvalue weighted by molar-refractivity contribution is 0.131. The van der Waals surface area contributed by atoms with Gasteiger partial charge in [-0.3, -0.25) is 0 Å². The molecule has 0 saturated carbocycles. The maximum absolute atomic E-state index is 11.1. The van der Waals surface area contributed by atoms with Crippen LogP contribution >= 0.6 is 0 Å². The molecular formula is C28H28N4O. The minimum absolute atomic E-state index is 0.396. The molecule has 5 heteroatoms. The number of aliphatic hydroxyl groups excluding tert-OH is 1. The molecule has 0 amide bonds. The van der Waals surface area contributed by atoms with Gasteiger partial charge in [-0.2, -0.15) is 5.10 Å². The number of aryl methyl sites for hydroxylation is 3. The normalized spacial score (nSPS) is 12.4. The van der Waals surface area contributed by atoms with Crippen molar-refractivity contribution in [2.45, 2.75) is 40.0 Å². The van der Waals surface area contributed by atoms with E-state index < -0.39 is 6.10 Å². The molecule has 1 N–H and O–H groups in total. The van der Waals surface area contributed by atoms with Gasteiger partial charge in [-0.15, -0.1) is 0 Å². The highest BCUT2D eigenvalue weighted by atomic mass is 16.3. The molecule has 0 saturated heterocycles. The molecule has 1 atom stereocenters. The van der Waals surface area contributed by atoms with E-state index >= 15 is 0 Å². The van der Waals surface area contributed by atoms with Crippen LogP contribution in [0.3, 0.4) is 0 Å². The third kappa shape index (κ3) is 4.08. The monoisotopic (exact) mass is 436 g/mol. The lowest BCUT2D eigenvalue weighted by Crippen LogP contribution is -2.24. The highest BCUT2D eigenvalue weighted by Crippen LogP contribution is 2.41. The molecule has 0 fully saturated rings. The summed E-state index contributed by atoms with van der Waals surface area (Å²) >= 11 is 0. The Labute approximate surface area is 194 Å².